The number of nitrogens with zero attached hydrogens (tertiary/aromatic N) is 3. The Kier molecular flexibility index (Phi) is 6.53. The molecular formula is C23H22ClN3O3. The number of nitriles is 1. The summed E-state index contributed by atoms with van der Waals surface area (Å²) >= 11 is 5.87. The van der Waals surface area contributed by atoms with Gasteiger partial charge < -0.3 is 9.30 Å². The second kappa shape index (κ2) is 9.10. The maximum atomic E-state index is 12.6. The SMILES string of the molecule is CCOC(=O)CCc1cc2c(nc1C)c(C(=O)CCl)c(C)n2-c1ccc(C#N)cc1. The third-order valence-corrected chi connectivity index (χ3v) is 5.27. The van der Waals surface area contributed by atoms with Gasteiger partial charge in [-0.2, -0.15) is 5.26 Å². The first-order valence-electron chi connectivity index (χ1n) is 9.68. The summed E-state index contributed by atoms with van der Waals surface area (Å²) in [5.74, 6) is -0.593. The van der Waals surface area contributed by atoms with Gasteiger partial charge >= 0.3 is 5.97 Å². The van der Waals surface area contributed by atoms with E-state index in [4.69, 9.17) is 26.6 Å². The normalized spacial score (nSPS) is 10.8. The quantitative estimate of drug-likeness (QED) is 0.319. The highest BCUT2D eigenvalue weighted by molar-refractivity contribution is 6.32. The number of rotatable bonds is 7. The van der Waals surface area contributed by atoms with Crippen LogP contribution in [0.5, 0.6) is 0 Å². The number of carbonyl (C=O) groups excluding carboxylic acids is 2. The van der Waals surface area contributed by atoms with Gasteiger partial charge in [-0.25, -0.2) is 0 Å². The average Bonchev–Trinajstić information content (AvgIpc) is 3.02. The van der Waals surface area contributed by atoms with Crippen LogP contribution < -0.4 is 0 Å². The van der Waals surface area contributed by atoms with Crippen LogP contribution in [0.15, 0.2) is 30.3 Å². The zero-order chi connectivity index (χ0) is 21.8. The van der Waals surface area contributed by atoms with Gasteiger partial charge in [-0.05, 0) is 63.1 Å². The summed E-state index contributed by atoms with van der Waals surface area (Å²) < 4.78 is 6.97. The van der Waals surface area contributed by atoms with Crippen molar-refractivity contribution >= 4 is 34.4 Å². The van der Waals surface area contributed by atoms with Crippen molar-refractivity contribution in [2.75, 3.05) is 12.5 Å². The van der Waals surface area contributed by atoms with Gasteiger partial charge in [0.2, 0.25) is 0 Å². The molecule has 0 N–H and O–H groups in total. The summed E-state index contributed by atoms with van der Waals surface area (Å²) in [6.45, 7) is 5.84. The van der Waals surface area contributed by atoms with Crippen LogP contribution in [-0.2, 0) is 16.0 Å². The van der Waals surface area contributed by atoms with Crippen LogP contribution in [-0.4, -0.2) is 33.8 Å². The summed E-state index contributed by atoms with van der Waals surface area (Å²) in [4.78, 5) is 29.1. The van der Waals surface area contributed by atoms with Gasteiger partial charge in [-0.15, -0.1) is 11.6 Å². The molecule has 3 aromatic rings. The third-order valence-electron chi connectivity index (χ3n) is 5.03. The van der Waals surface area contributed by atoms with Crippen LogP contribution in [0.25, 0.3) is 16.7 Å². The first kappa shape index (κ1) is 21.5. The molecule has 2 heterocycles. The van der Waals surface area contributed by atoms with Gasteiger partial charge in [0.15, 0.2) is 5.78 Å². The summed E-state index contributed by atoms with van der Waals surface area (Å²) in [5, 5.41) is 9.08. The number of hydrogen-bond donors (Lipinski definition) is 0. The van der Waals surface area contributed by atoms with E-state index < -0.39 is 0 Å². The summed E-state index contributed by atoms with van der Waals surface area (Å²) in [5.41, 5.74) is 5.59. The Morgan fingerprint density at radius 3 is 2.53 bits per heavy atom. The van der Waals surface area contributed by atoms with Crippen LogP contribution in [0.2, 0.25) is 0 Å². The van der Waals surface area contributed by atoms with Crippen molar-refractivity contribution < 1.29 is 14.3 Å². The van der Waals surface area contributed by atoms with Crippen molar-refractivity contribution in [3.05, 3.63) is 58.4 Å². The lowest BCUT2D eigenvalue weighted by Gasteiger charge is -2.10. The molecule has 0 aliphatic heterocycles. The molecular weight excluding hydrogens is 402 g/mol. The van der Waals surface area contributed by atoms with E-state index in [9.17, 15) is 9.59 Å². The first-order valence-corrected chi connectivity index (χ1v) is 10.2. The summed E-state index contributed by atoms with van der Waals surface area (Å²) in [6.07, 6.45) is 0.746. The molecule has 1 aromatic carbocycles. The van der Waals surface area contributed by atoms with E-state index in [1.165, 1.54) is 0 Å². The molecule has 0 unspecified atom stereocenters. The Morgan fingerprint density at radius 1 is 1.23 bits per heavy atom. The Morgan fingerprint density at radius 2 is 1.93 bits per heavy atom. The van der Waals surface area contributed by atoms with E-state index in [-0.39, 0.29) is 24.1 Å². The number of aromatic nitrogens is 2. The average molecular weight is 424 g/mol. The smallest absolute Gasteiger partial charge is 0.306 e. The number of fused-ring (bicyclic) bond motifs is 1. The lowest BCUT2D eigenvalue weighted by atomic mass is 10.1. The fourth-order valence-electron chi connectivity index (χ4n) is 3.59. The number of carbonyl (C=O) groups is 2. The molecule has 0 amide bonds. The molecule has 0 bridgehead atoms. The van der Waals surface area contributed by atoms with Crippen molar-refractivity contribution in [3.63, 3.8) is 0 Å². The van der Waals surface area contributed by atoms with Gasteiger partial charge in [-0.3, -0.25) is 14.6 Å². The maximum absolute atomic E-state index is 12.6. The molecule has 30 heavy (non-hydrogen) atoms. The van der Waals surface area contributed by atoms with Gasteiger partial charge in [0.25, 0.3) is 0 Å². The number of esters is 1. The largest absolute Gasteiger partial charge is 0.466 e. The number of ketones is 1. The maximum Gasteiger partial charge on any atom is 0.306 e. The van der Waals surface area contributed by atoms with Gasteiger partial charge in [0.05, 0.1) is 40.7 Å². The summed E-state index contributed by atoms with van der Waals surface area (Å²) in [7, 11) is 0. The monoisotopic (exact) mass is 423 g/mol. The Balaban J connectivity index is 2.19. The predicted octanol–water partition coefficient (Wildman–Crippen LogP) is 4.43. The second-order valence-corrected chi connectivity index (χ2v) is 7.18. The minimum absolute atomic E-state index is 0.140. The lowest BCUT2D eigenvalue weighted by molar-refractivity contribution is -0.143. The molecule has 2 aromatic heterocycles. The van der Waals surface area contributed by atoms with E-state index in [0.717, 1.165) is 28.2 Å². The fraction of sp³-hybridized carbons (Fsp3) is 0.304. The molecule has 0 spiro atoms. The number of benzene rings is 1. The zero-order valence-corrected chi connectivity index (χ0v) is 17.9. The van der Waals surface area contributed by atoms with Crippen LogP contribution in [0.1, 0.15) is 46.2 Å². The van der Waals surface area contributed by atoms with E-state index >= 15 is 0 Å². The second-order valence-electron chi connectivity index (χ2n) is 6.92. The van der Waals surface area contributed by atoms with Crippen LogP contribution in [0, 0.1) is 25.2 Å². The van der Waals surface area contributed by atoms with Crippen molar-refractivity contribution in [1.82, 2.24) is 9.55 Å². The molecule has 154 valence electrons. The minimum atomic E-state index is -0.256. The van der Waals surface area contributed by atoms with Crippen molar-refractivity contribution in [2.45, 2.75) is 33.6 Å². The first-order chi connectivity index (χ1) is 14.4. The van der Waals surface area contributed by atoms with E-state index in [1.54, 1.807) is 19.1 Å². The van der Waals surface area contributed by atoms with Crippen LogP contribution in [0.3, 0.4) is 0 Å². The highest BCUT2D eigenvalue weighted by atomic mass is 35.5. The predicted molar refractivity (Wildman–Crippen MR) is 115 cm³/mol. The Hall–Kier alpha value is -3.17. The van der Waals surface area contributed by atoms with Gasteiger partial charge in [0, 0.05) is 23.5 Å². The molecule has 0 fully saturated rings. The molecule has 7 heteroatoms. The number of ether oxygens (including phenoxy) is 1. The highest BCUT2D eigenvalue weighted by Gasteiger charge is 2.23. The van der Waals surface area contributed by atoms with Crippen molar-refractivity contribution in [3.8, 4) is 11.8 Å². The molecule has 0 saturated carbocycles. The number of hydrogen-bond acceptors (Lipinski definition) is 5. The number of aryl methyl sites for hydroxylation is 2. The van der Waals surface area contributed by atoms with E-state index in [0.29, 0.717) is 29.7 Å². The van der Waals surface area contributed by atoms with Gasteiger partial charge in [-0.1, -0.05) is 0 Å². The van der Waals surface area contributed by atoms with Crippen molar-refractivity contribution in [2.24, 2.45) is 0 Å². The molecule has 0 aliphatic rings. The lowest BCUT2D eigenvalue weighted by Crippen LogP contribution is -2.06. The molecule has 0 saturated heterocycles. The molecule has 0 aliphatic carbocycles. The van der Waals surface area contributed by atoms with Gasteiger partial charge in [0.1, 0.15) is 0 Å². The minimum Gasteiger partial charge on any atom is -0.466 e. The van der Waals surface area contributed by atoms with Crippen molar-refractivity contribution in [1.29, 1.82) is 5.26 Å². The number of pyridine rings is 1. The molecule has 0 atom stereocenters. The molecule has 3 rings (SSSR count). The molecule has 6 nitrogen and oxygen atoms in total. The topological polar surface area (TPSA) is 85.0 Å². The standard InChI is InChI=1S/C23H22ClN3O3/c1-4-30-21(29)10-7-17-11-19-23(26-14(17)2)22(20(28)12-24)15(3)27(19)18-8-5-16(13-25)6-9-18/h5-6,8-9,11H,4,7,10,12H2,1-3H3. The fourth-order valence-corrected chi connectivity index (χ4v) is 3.73. The Labute approximate surface area is 180 Å². The van der Waals surface area contributed by atoms with Crippen LogP contribution >= 0.6 is 11.6 Å². The Bertz CT molecular complexity index is 1160. The highest BCUT2D eigenvalue weighted by Crippen LogP contribution is 2.30. The third kappa shape index (κ3) is 4.07. The van der Waals surface area contributed by atoms with Crippen LogP contribution in [0.4, 0.5) is 0 Å². The van der Waals surface area contributed by atoms with E-state index in [2.05, 4.69) is 6.07 Å². The number of halogens is 1. The molecule has 0 radical (unpaired) electrons. The van der Waals surface area contributed by atoms with E-state index in [1.807, 2.05) is 36.6 Å². The zero-order valence-electron chi connectivity index (χ0n) is 17.2. The number of Topliss-reactive ketones (excluding diaryl/α,β-unsaturated/α-hetero) is 1. The number of alkyl halides is 1. The summed E-state index contributed by atoms with van der Waals surface area (Å²) in [6, 6.07) is 11.2.